The molecule has 0 aromatic carbocycles. The van der Waals surface area contributed by atoms with Gasteiger partial charge in [0.15, 0.2) is 17.1 Å². The topological polar surface area (TPSA) is 273 Å². The van der Waals surface area contributed by atoms with Gasteiger partial charge in [0.25, 0.3) is 0 Å². The van der Waals surface area contributed by atoms with Crippen molar-refractivity contribution in [2.75, 3.05) is 21.3 Å². The van der Waals surface area contributed by atoms with Gasteiger partial charge < -0.3 is 44.6 Å². The molecule has 0 aliphatic carbocycles. The molecule has 1 N–H and O–H groups in total. The number of rotatable bonds is 6. The maximum Gasteiger partial charge on any atom is 0.390 e. The van der Waals surface area contributed by atoms with E-state index >= 15 is 0 Å². The van der Waals surface area contributed by atoms with E-state index in [0.717, 1.165) is 27.6 Å². The van der Waals surface area contributed by atoms with Gasteiger partial charge in [0.05, 0.1) is 51.7 Å². The van der Waals surface area contributed by atoms with Gasteiger partial charge in [-0.15, -0.1) is 9.78 Å². The van der Waals surface area contributed by atoms with Crippen LogP contribution in [0.25, 0.3) is 0 Å². The fourth-order valence-corrected chi connectivity index (χ4v) is 2.28. The average molecular weight is 541 g/mol. The highest BCUT2D eigenvalue weighted by molar-refractivity contribution is 5.88. The van der Waals surface area contributed by atoms with Crippen LogP contribution in [0, 0.1) is 30.3 Å². The molecule has 21 nitrogen and oxygen atoms in total. The lowest BCUT2D eigenvalue weighted by atomic mass is 10.4. The zero-order valence-electron chi connectivity index (χ0n) is 20.2. The van der Waals surface area contributed by atoms with Crippen LogP contribution < -0.4 is 0 Å². The summed E-state index contributed by atoms with van der Waals surface area (Å²) in [4.78, 5) is 61.3. The number of nitro groups is 3. The Morgan fingerprint density at radius 1 is 0.763 bits per heavy atom. The van der Waals surface area contributed by atoms with Crippen molar-refractivity contribution in [1.82, 2.24) is 29.8 Å². The van der Waals surface area contributed by atoms with Crippen LogP contribution in [0.2, 0.25) is 0 Å². The van der Waals surface area contributed by atoms with E-state index in [0.29, 0.717) is 0 Å². The highest BCUT2D eigenvalue weighted by Crippen LogP contribution is 2.12. The fourth-order valence-electron chi connectivity index (χ4n) is 2.28. The lowest BCUT2D eigenvalue weighted by Crippen LogP contribution is -2.07. The maximum absolute atomic E-state index is 11.0. The summed E-state index contributed by atoms with van der Waals surface area (Å²) in [5, 5.41) is 43.2. The second kappa shape index (κ2) is 13.4. The Kier molecular flexibility index (Phi) is 10.6. The van der Waals surface area contributed by atoms with Crippen LogP contribution in [0.15, 0.2) is 18.2 Å². The van der Waals surface area contributed by atoms with E-state index in [2.05, 4.69) is 34.6 Å². The molecule has 204 valence electrons. The minimum atomic E-state index is -0.709. The molecule has 38 heavy (non-hydrogen) atoms. The molecular formula is C17H19N9O12. The molecule has 3 aromatic heterocycles. The molecule has 0 atom stereocenters. The van der Waals surface area contributed by atoms with Crippen LogP contribution in [0.5, 0.6) is 0 Å². The number of hydrogen-bond acceptors (Lipinski definition) is 15. The summed E-state index contributed by atoms with van der Waals surface area (Å²) in [6.45, 7) is 0. The van der Waals surface area contributed by atoms with Gasteiger partial charge in [-0.25, -0.2) is 14.4 Å². The van der Waals surface area contributed by atoms with Gasteiger partial charge >= 0.3 is 35.4 Å². The smallest absolute Gasteiger partial charge is 0.390 e. The minimum Gasteiger partial charge on any atom is -0.464 e. The number of nitrogens with one attached hydrogen (secondary N) is 1. The Balaban J connectivity index is 0.000000285. The van der Waals surface area contributed by atoms with Crippen LogP contribution in [-0.4, -0.2) is 83.8 Å². The molecule has 0 aliphatic heterocycles. The molecular weight excluding hydrogens is 522 g/mol. The van der Waals surface area contributed by atoms with E-state index < -0.39 is 32.7 Å². The predicted octanol–water partition coefficient (Wildman–Crippen LogP) is 0.334. The quantitative estimate of drug-likeness (QED) is 0.190. The van der Waals surface area contributed by atoms with Crippen molar-refractivity contribution in [3.8, 4) is 0 Å². The van der Waals surface area contributed by atoms with Crippen LogP contribution in [0.3, 0.4) is 0 Å². The van der Waals surface area contributed by atoms with Crippen molar-refractivity contribution < 1.29 is 43.4 Å². The highest BCUT2D eigenvalue weighted by Gasteiger charge is 2.21. The number of esters is 3. The molecule has 3 heterocycles. The first kappa shape index (κ1) is 30.3. The summed E-state index contributed by atoms with van der Waals surface area (Å²) in [6, 6.07) is 3.13. The van der Waals surface area contributed by atoms with E-state index in [9.17, 15) is 44.7 Å². The van der Waals surface area contributed by atoms with E-state index in [-0.39, 0.29) is 34.5 Å². The van der Waals surface area contributed by atoms with E-state index in [1.807, 2.05) is 0 Å². The third kappa shape index (κ3) is 7.89. The number of aryl methyl sites for hydroxylation is 2. The Bertz CT molecular complexity index is 1360. The molecule has 0 bridgehead atoms. The third-order valence-corrected chi connectivity index (χ3v) is 4.04. The number of aromatic amines is 1. The molecule has 0 unspecified atom stereocenters. The third-order valence-electron chi connectivity index (χ3n) is 4.04. The fraction of sp³-hybridized carbons (Fsp3) is 0.294. The first-order valence-corrected chi connectivity index (χ1v) is 9.58. The van der Waals surface area contributed by atoms with E-state index in [1.54, 1.807) is 0 Å². The molecule has 0 radical (unpaired) electrons. The number of carbonyl (C=O) groups is 3. The van der Waals surface area contributed by atoms with Gasteiger partial charge in [-0.2, -0.15) is 4.68 Å². The van der Waals surface area contributed by atoms with Crippen LogP contribution in [0.4, 0.5) is 17.5 Å². The molecule has 3 aromatic rings. The second-order valence-corrected chi connectivity index (χ2v) is 6.41. The highest BCUT2D eigenvalue weighted by atomic mass is 16.6. The predicted molar refractivity (Wildman–Crippen MR) is 119 cm³/mol. The standard InChI is InChI=1S/2C6H7N3O4.C5H5N3O4/c1-8-4(6(10)13-2)3-5(7-8)9(11)12;1-8-5(9(11)12)3-4(7-8)6(10)13-2;1-12-5(9)3-2-4(7-6-3)8(10)11/h2*3H,1-2H3;2H,1H3,(H,6,7). The molecule has 0 aliphatic rings. The van der Waals surface area contributed by atoms with Crippen molar-refractivity contribution in [2.24, 2.45) is 14.1 Å². The molecule has 0 fully saturated rings. The monoisotopic (exact) mass is 541 g/mol. The summed E-state index contributed by atoms with van der Waals surface area (Å²) in [5.74, 6) is -3.01. The molecule has 0 amide bonds. The van der Waals surface area contributed by atoms with Crippen molar-refractivity contribution in [2.45, 2.75) is 0 Å². The Hall–Kier alpha value is -5.76. The largest absolute Gasteiger partial charge is 0.464 e. The van der Waals surface area contributed by atoms with E-state index in [1.165, 1.54) is 35.4 Å². The Labute approximate surface area is 210 Å². The summed E-state index contributed by atoms with van der Waals surface area (Å²) in [6.07, 6.45) is 0. The number of ether oxygens (including phenoxy) is 3. The molecule has 0 saturated carbocycles. The first-order chi connectivity index (χ1) is 17.8. The van der Waals surface area contributed by atoms with Gasteiger partial charge in [0.1, 0.15) is 7.05 Å². The van der Waals surface area contributed by atoms with Gasteiger partial charge in [-0.05, 0) is 14.8 Å². The number of carbonyl (C=O) groups excluding carboxylic acids is 3. The molecule has 3 rings (SSSR count). The lowest BCUT2D eigenvalue weighted by molar-refractivity contribution is -0.392. The van der Waals surface area contributed by atoms with Gasteiger partial charge in [0.2, 0.25) is 0 Å². The number of hydrogen-bond donors (Lipinski definition) is 1. The summed E-state index contributed by atoms with van der Waals surface area (Å²) in [7, 11) is 6.36. The van der Waals surface area contributed by atoms with Crippen molar-refractivity contribution in [3.63, 3.8) is 0 Å². The lowest BCUT2D eigenvalue weighted by Gasteiger charge is -1.93. The SMILES string of the molecule is COC(=O)c1cc([N+](=O)[O-])[nH]n1.COC(=O)c1cc([N+](=O)[O-])n(C)n1.COC(=O)c1cc([N+](=O)[O-])nn1C. The zero-order chi connectivity index (χ0) is 29.2. The zero-order valence-corrected chi connectivity index (χ0v) is 20.2. The normalized spacial score (nSPS) is 9.61. The number of methoxy groups -OCH3 is 3. The summed E-state index contributed by atoms with van der Waals surface area (Å²) < 4.78 is 15.1. The van der Waals surface area contributed by atoms with Crippen molar-refractivity contribution >= 4 is 35.4 Å². The van der Waals surface area contributed by atoms with Crippen molar-refractivity contribution in [3.05, 3.63) is 65.6 Å². The summed E-state index contributed by atoms with van der Waals surface area (Å²) in [5.41, 5.74) is -0.130. The second-order valence-electron chi connectivity index (χ2n) is 6.41. The number of aromatic nitrogens is 6. The van der Waals surface area contributed by atoms with Crippen LogP contribution >= 0.6 is 0 Å². The van der Waals surface area contributed by atoms with Crippen LogP contribution in [-0.2, 0) is 28.3 Å². The molecule has 0 spiro atoms. The average Bonchev–Trinajstić information content (AvgIpc) is 3.61. The molecule has 21 heteroatoms. The first-order valence-electron chi connectivity index (χ1n) is 9.58. The van der Waals surface area contributed by atoms with Crippen LogP contribution in [0.1, 0.15) is 31.5 Å². The Morgan fingerprint density at radius 3 is 1.71 bits per heavy atom. The minimum absolute atomic E-state index is 0.0502. The number of nitrogens with zero attached hydrogens (tertiary/aromatic N) is 8. The Morgan fingerprint density at radius 2 is 1.32 bits per heavy atom. The molecule has 0 saturated heterocycles. The van der Waals surface area contributed by atoms with Gasteiger partial charge in [-0.1, -0.05) is 10.2 Å². The van der Waals surface area contributed by atoms with E-state index in [4.69, 9.17) is 0 Å². The van der Waals surface area contributed by atoms with Gasteiger partial charge in [0, 0.05) is 0 Å². The van der Waals surface area contributed by atoms with Gasteiger partial charge in [-0.3, -0.25) is 0 Å². The van der Waals surface area contributed by atoms with Crippen molar-refractivity contribution in [1.29, 1.82) is 0 Å². The summed E-state index contributed by atoms with van der Waals surface area (Å²) >= 11 is 0. The maximum atomic E-state index is 11.0. The number of H-pyrrole nitrogens is 1.